The molecule has 0 bridgehead atoms. The van der Waals surface area contributed by atoms with E-state index in [4.69, 9.17) is 16.6 Å². The van der Waals surface area contributed by atoms with Crippen molar-refractivity contribution < 1.29 is 9.90 Å². The molecule has 3 aromatic rings. The summed E-state index contributed by atoms with van der Waals surface area (Å²) in [5, 5.41) is 11.0. The van der Waals surface area contributed by atoms with Gasteiger partial charge >= 0.3 is 5.97 Å². The van der Waals surface area contributed by atoms with Gasteiger partial charge in [0.1, 0.15) is 16.2 Å². The van der Waals surface area contributed by atoms with Crippen LogP contribution in [0.25, 0.3) is 10.2 Å². The zero-order valence-corrected chi connectivity index (χ0v) is 18.2. The van der Waals surface area contributed by atoms with Crippen LogP contribution in [0.4, 0.5) is 0 Å². The minimum atomic E-state index is -1.41. The van der Waals surface area contributed by atoms with Crippen molar-refractivity contribution in [2.24, 2.45) is 5.92 Å². The number of rotatable bonds is 4. The fraction of sp³-hybridized carbons (Fsp3) is 0.409. The fourth-order valence-corrected chi connectivity index (χ4v) is 5.66. The number of benzene rings is 1. The van der Waals surface area contributed by atoms with E-state index in [2.05, 4.69) is 6.92 Å². The molecule has 0 amide bonds. The average Bonchev–Trinajstić information content (AvgIpc) is 2.98. The molecular formula is C22H23ClN2O3S. The number of fused-ring (bicyclic) bond motifs is 3. The highest BCUT2D eigenvalue weighted by atomic mass is 35.5. The summed E-state index contributed by atoms with van der Waals surface area (Å²) in [5.74, 6) is -0.0335. The molecule has 2 aromatic heterocycles. The van der Waals surface area contributed by atoms with Gasteiger partial charge in [0, 0.05) is 16.3 Å². The van der Waals surface area contributed by atoms with Gasteiger partial charge in [-0.1, -0.05) is 30.7 Å². The predicted octanol–water partition coefficient (Wildman–Crippen LogP) is 4.65. The van der Waals surface area contributed by atoms with Crippen LogP contribution in [0, 0.1) is 5.92 Å². The van der Waals surface area contributed by atoms with Crippen molar-refractivity contribution in [3.63, 3.8) is 0 Å². The van der Waals surface area contributed by atoms with E-state index in [1.165, 1.54) is 9.44 Å². The van der Waals surface area contributed by atoms with E-state index in [9.17, 15) is 14.7 Å². The molecule has 0 saturated carbocycles. The first-order valence-corrected chi connectivity index (χ1v) is 10.9. The molecule has 5 nitrogen and oxygen atoms in total. The first-order chi connectivity index (χ1) is 13.7. The summed E-state index contributed by atoms with van der Waals surface area (Å²) < 4.78 is 1.36. The Morgan fingerprint density at radius 1 is 1.41 bits per heavy atom. The second-order valence-corrected chi connectivity index (χ2v) is 9.89. The van der Waals surface area contributed by atoms with E-state index in [-0.39, 0.29) is 5.56 Å². The van der Waals surface area contributed by atoms with E-state index in [0.717, 1.165) is 30.4 Å². The Kier molecular flexibility index (Phi) is 5.03. The van der Waals surface area contributed by atoms with Crippen molar-refractivity contribution in [2.45, 2.75) is 52.0 Å². The average molecular weight is 431 g/mol. The second-order valence-electron chi connectivity index (χ2n) is 8.37. The SMILES string of the molecule is CC1CCc2c(sc3nc(Cc4cccc(Cl)c4)n(C(C)(C)C(=O)O)c(=O)c23)C1. The Morgan fingerprint density at radius 3 is 2.86 bits per heavy atom. The van der Waals surface area contributed by atoms with Gasteiger partial charge in [-0.2, -0.15) is 0 Å². The van der Waals surface area contributed by atoms with Crippen LogP contribution in [0.1, 0.15) is 49.0 Å². The Labute approximate surface area is 178 Å². The Hall–Kier alpha value is -2.18. The zero-order chi connectivity index (χ0) is 20.9. The molecule has 1 unspecified atom stereocenters. The van der Waals surface area contributed by atoms with Gasteiger partial charge in [-0.05, 0) is 62.3 Å². The molecule has 4 rings (SSSR count). The molecule has 152 valence electrons. The predicted molar refractivity (Wildman–Crippen MR) is 116 cm³/mol. The molecule has 0 aliphatic heterocycles. The third-order valence-corrected chi connectivity index (χ3v) is 7.12. The molecule has 1 atom stereocenters. The monoisotopic (exact) mass is 430 g/mol. The summed E-state index contributed by atoms with van der Waals surface area (Å²) >= 11 is 7.69. The van der Waals surface area contributed by atoms with Crippen LogP contribution in [-0.4, -0.2) is 20.6 Å². The van der Waals surface area contributed by atoms with Gasteiger partial charge in [0.05, 0.1) is 5.39 Å². The third kappa shape index (κ3) is 3.49. The number of halogens is 1. The fourth-order valence-electron chi connectivity index (χ4n) is 4.05. The van der Waals surface area contributed by atoms with Crippen LogP contribution in [-0.2, 0) is 29.6 Å². The maximum Gasteiger partial charge on any atom is 0.329 e. The number of nitrogens with zero attached hydrogens (tertiary/aromatic N) is 2. The lowest BCUT2D eigenvalue weighted by atomic mass is 9.89. The van der Waals surface area contributed by atoms with Crippen LogP contribution in [0.3, 0.4) is 0 Å². The van der Waals surface area contributed by atoms with Crippen molar-refractivity contribution in [1.29, 1.82) is 0 Å². The lowest BCUT2D eigenvalue weighted by molar-refractivity contribution is -0.146. The molecule has 1 N–H and O–H groups in total. The summed E-state index contributed by atoms with van der Waals surface area (Å²) in [5.41, 5.74) is 0.271. The molecule has 1 aliphatic carbocycles. The van der Waals surface area contributed by atoms with Crippen molar-refractivity contribution in [3.8, 4) is 0 Å². The Morgan fingerprint density at radius 2 is 2.17 bits per heavy atom. The van der Waals surface area contributed by atoms with Gasteiger partial charge in [0.15, 0.2) is 0 Å². The Balaban J connectivity index is 1.98. The number of carbonyl (C=O) groups is 1. The topological polar surface area (TPSA) is 72.2 Å². The highest BCUT2D eigenvalue weighted by Gasteiger charge is 2.35. The lowest BCUT2D eigenvalue weighted by Gasteiger charge is -2.26. The van der Waals surface area contributed by atoms with E-state index in [1.807, 2.05) is 18.2 Å². The number of carboxylic acid groups (broad SMARTS) is 1. The molecule has 0 saturated heterocycles. The summed E-state index contributed by atoms with van der Waals surface area (Å²) in [7, 11) is 0. The first kappa shape index (κ1) is 20.1. The maximum atomic E-state index is 13.6. The Bertz CT molecular complexity index is 1180. The van der Waals surface area contributed by atoms with E-state index in [0.29, 0.717) is 33.4 Å². The minimum Gasteiger partial charge on any atom is -0.480 e. The number of hydrogen-bond donors (Lipinski definition) is 1. The number of aliphatic carboxylic acids is 1. The third-order valence-electron chi connectivity index (χ3n) is 5.73. The zero-order valence-electron chi connectivity index (χ0n) is 16.7. The van der Waals surface area contributed by atoms with Gasteiger partial charge in [0.2, 0.25) is 0 Å². The standard InChI is InChI=1S/C22H23ClN2O3S/c1-12-7-8-15-16(9-12)29-19-18(15)20(26)25(22(2,3)21(27)28)17(24-19)11-13-5-4-6-14(23)10-13/h4-6,10,12H,7-9,11H2,1-3H3,(H,27,28). The van der Waals surface area contributed by atoms with Gasteiger partial charge in [-0.25, -0.2) is 9.78 Å². The van der Waals surface area contributed by atoms with E-state index < -0.39 is 11.5 Å². The number of aromatic nitrogens is 2. The summed E-state index contributed by atoms with van der Waals surface area (Å²) in [6, 6.07) is 7.34. The van der Waals surface area contributed by atoms with Crippen LogP contribution in [0.2, 0.25) is 5.02 Å². The van der Waals surface area contributed by atoms with Crippen LogP contribution < -0.4 is 5.56 Å². The smallest absolute Gasteiger partial charge is 0.329 e. The van der Waals surface area contributed by atoms with Crippen molar-refractivity contribution in [3.05, 3.63) is 61.5 Å². The second kappa shape index (κ2) is 7.26. The number of hydrogen-bond acceptors (Lipinski definition) is 4. The molecule has 0 fully saturated rings. The molecule has 2 heterocycles. The van der Waals surface area contributed by atoms with Gasteiger partial charge < -0.3 is 5.11 Å². The molecule has 0 radical (unpaired) electrons. The number of thiophene rings is 1. The van der Waals surface area contributed by atoms with Crippen molar-refractivity contribution in [2.75, 3.05) is 0 Å². The molecule has 0 spiro atoms. The first-order valence-electron chi connectivity index (χ1n) is 9.73. The molecule has 29 heavy (non-hydrogen) atoms. The maximum absolute atomic E-state index is 13.6. The van der Waals surface area contributed by atoms with Gasteiger partial charge in [-0.3, -0.25) is 9.36 Å². The van der Waals surface area contributed by atoms with Crippen LogP contribution >= 0.6 is 22.9 Å². The summed E-state index contributed by atoms with van der Waals surface area (Å²) in [6.45, 7) is 5.32. The molecule has 7 heteroatoms. The van der Waals surface area contributed by atoms with E-state index >= 15 is 0 Å². The summed E-state index contributed by atoms with van der Waals surface area (Å²) in [6.07, 6.45) is 3.16. The van der Waals surface area contributed by atoms with Gasteiger partial charge in [-0.15, -0.1) is 11.3 Å². The van der Waals surface area contributed by atoms with Crippen molar-refractivity contribution >= 4 is 39.1 Å². The number of aryl methyl sites for hydroxylation is 1. The highest BCUT2D eigenvalue weighted by Crippen LogP contribution is 2.36. The van der Waals surface area contributed by atoms with E-state index in [1.54, 1.807) is 31.3 Å². The summed E-state index contributed by atoms with van der Waals surface area (Å²) in [4.78, 5) is 32.4. The molecule has 1 aromatic carbocycles. The molecule has 1 aliphatic rings. The van der Waals surface area contributed by atoms with Crippen LogP contribution in [0.15, 0.2) is 29.1 Å². The number of carboxylic acids is 1. The molecular weight excluding hydrogens is 408 g/mol. The van der Waals surface area contributed by atoms with Crippen molar-refractivity contribution in [1.82, 2.24) is 9.55 Å². The largest absolute Gasteiger partial charge is 0.480 e. The van der Waals surface area contributed by atoms with Gasteiger partial charge in [0.25, 0.3) is 5.56 Å². The minimum absolute atomic E-state index is 0.258. The normalized spacial score (nSPS) is 16.8. The quantitative estimate of drug-likeness (QED) is 0.654. The van der Waals surface area contributed by atoms with Crippen LogP contribution in [0.5, 0.6) is 0 Å². The highest BCUT2D eigenvalue weighted by molar-refractivity contribution is 7.18. The lowest BCUT2D eigenvalue weighted by Crippen LogP contribution is -2.45.